The van der Waals surface area contributed by atoms with E-state index in [1.54, 1.807) is 23.9 Å². The van der Waals surface area contributed by atoms with E-state index in [4.69, 9.17) is 0 Å². The molecule has 6 aromatic carbocycles. The van der Waals surface area contributed by atoms with E-state index in [1.807, 2.05) is 36.4 Å². The minimum absolute atomic E-state index is 0.302. The zero-order valence-corrected chi connectivity index (χ0v) is 23.3. The van der Waals surface area contributed by atoms with E-state index < -0.39 is 0 Å². The predicted molar refractivity (Wildman–Crippen MR) is 158 cm³/mol. The number of halogens is 4. The number of fused-ring (bicyclic) bond motifs is 2. The first-order chi connectivity index (χ1) is 18.0. The van der Waals surface area contributed by atoms with Gasteiger partial charge >= 0.3 is 0 Å². The van der Waals surface area contributed by atoms with Crippen molar-refractivity contribution in [1.82, 2.24) is 0 Å². The number of benzene rings is 6. The van der Waals surface area contributed by atoms with E-state index in [-0.39, 0.29) is 11.6 Å². The molecule has 180 valence electrons. The summed E-state index contributed by atoms with van der Waals surface area (Å²) < 4.78 is 30.4. The van der Waals surface area contributed by atoms with E-state index in [1.165, 1.54) is 12.1 Å². The summed E-state index contributed by atoms with van der Waals surface area (Å²) in [5.74, 6) is -0.603. The molecule has 0 saturated carbocycles. The zero-order valence-electron chi connectivity index (χ0n) is 19.3. The molecule has 0 radical (unpaired) electrons. The summed E-state index contributed by atoms with van der Waals surface area (Å²) in [5, 5.41) is 4.24. The average Bonchev–Trinajstić information content (AvgIpc) is 2.87. The van der Waals surface area contributed by atoms with Gasteiger partial charge in [-0.25, -0.2) is 8.78 Å². The highest BCUT2D eigenvalue weighted by Crippen LogP contribution is 2.46. The number of hydrogen-bond donors (Lipinski definition) is 0. The van der Waals surface area contributed by atoms with Gasteiger partial charge in [0.15, 0.2) is 0 Å². The molecule has 5 heteroatoms. The van der Waals surface area contributed by atoms with Gasteiger partial charge in [-0.15, -0.1) is 0 Å². The van der Waals surface area contributed by atoms with Crippen molar-refractivity contribution in [1.29, 1.82) is 0 Å². The van der Waals surface area contributed by atoms with Crippen molar-refractivity contribution in [3.05, 3.63) is 130 Å². The molecule has 0 N–H and O–H groups in total. The Kier molecular flexibility index (Phi) is 6.62. The molecule has 0 aliphatic carbocycles. The molecule has 0 aromatic heterocycles. The second-order valence-corrected chi connectivity index (χ2v) is 11.7. The van der Waals surface area contributed by atoms with E-state index in [2.05, 4.69) is 80.4 Å². The van der Waals surface area contributed by atoms with Crippen molar-refractivity contribution in [2.75, 3.05) is 0 Å². The molecule has 0 spiro atoms. The fourth-order valence-electron chi connectivity index (χ4n) is 4.78. The van der Waals surface area contributed by atoms with E-state index >= 15 is 0 Å². The molecule has 0 fully saturated rings. The number of hydrogen-bond acceptors (Lipinski definition) is 1. The first-order valence-electron chi connectivity index (χ1n) is 11.6. The lowest BCUT2D eigenvalue weighted by atomic mass is 9.98. The van der Waals surface area contributed by atoms with Crippen LogP contribution in [0.1, 0.15) is 0 Å². The van der Waals surface area contributed by atoms with Crippen molar-refractivity contribution in [3.63, 3.8) is 0 Å². The summed E-state index contributed by atoms with van der Waals surface area (Å²) in [5.41, 5.74) is 3.51. The minimum Gasteiger partial charge on any atom is -0.207 e. The Labute approximate surface area is 234 Å². The maximum Gasteiger partial charge on any atom is 0.124 e. The fraction of sp³-hybridized carbons (Fsp3) is 0. The van der Waals surface area contributed by atoms with Gasteiger partial charge in [0, 0.05) is 29.9 Å². The van der Waals surface area contributed by atoms with Crippen LogP contribution in [-0.4, -0.2) is 0 Å². The highest BCUT2D eigenvalue weighted by molar-refractivity contribution is 9.10. The first kappa shape index (κ1) is 24.4. The van der Waals surface area contributed by atoms with Gasteiger partial charge in [-0.3, -0.25) is 0 Å². The Bertz CT molecular complexity index is 1640. The summed E-state index contributed by atoms with van der Waals surface area (Å²) >= 11 is 8.53. The first-order valence-corrected chi connectivity index (χ1v) is 14.0. The summed E-state index contributed by atoms with van der Waals surface area (Å²) in [6.45, 7) is 0. The second kappa shape index (κ2) is 10.1. The smallest absolute Gasteiger partial charge is 0.124 e. The molecular weight excluding hydrogens is 614 g/mol. The molecule has 0 aliphatic heterocycles. The molecule has 6 aromatic rings. The van der Waals surface area contributed by atoms with Crippen LogP contribution >= 0.6 is 43.6 Å². The van der Waals surface area contributed by atoms with E-state index in [9.17, 15) is 8.78 Å². The van der Waals surface area contributed by atoms with Crippen LogP contribution in [0.4, 0.5) is 8.78 Å². The predicted octanol–water partition coefficient (Wildman–Crippen LogP) is 11.3. The molecule has 0 atom stereocenters. The normalized spacial score (nSPS) is 11.4. The molecule has 0 aliphatic rings. The Morgan fingerprint density at radius 3 is 1.35 bits per heavy atom. The van der Waals surface area contributed by atoms with E-state index in [0.717, 1.165) is 53.6 Å². The molecule has 0 amide bonds. The molecule has 6 rings (SSSR count). The minimum atomic E-state index is -0.302. The van der Waals surface area contributed by atoms with Crippen molar-refractivity contribution in [2.45, 2.75) is 9.79 Å². The van der Waals surface area contributed by atoms with Gasteiger partial charge in [0.05, 0.1) is 0 Å². The van der Waals surface area contributed by atoms with Crippen molar-refractivity contribution >= 4 is 65.2 Å². The summed E-state index contributed by atoms with van der Waals surface area (Å²) in [7, 11) is 0. The van der Waals surface area contributed by atoms with Gasteiger partial charge in [-0.05, 0) is 81.2 Å². The third-order valence-electron chi connectivity index (χ3n) is 6.30. The monoisotopic (exact) mass is 630 g/mol. The maximum atomic E-state index is 14.5. The van der Waals surface area contributed by atoms with Crippen LogP contribution in [0.3, 0.4) is 0 Å². The Balaban J connectivity index is 1.62. The van der Waals surface area contributed by atoms with Crippen LogP contribution in [0.25, 0.3) is 43.8 Å². The number of rotatable bonds is 4. The van der Waals surface area contributed by atoms with Gasteiger partial charge in [0.25, 0.3) is 0 Å². The van der Waals surface area contributed by atoms with Crippen LogP contribution in [0.5, 0.6) is 0 Å². The second-order valence-electron chi connectivity index (χ2n) is 8.74. The Morgan fingerprint density at radius 2 is 0.919 bits per heavy atom. The fourth-order valence-corrected chi connectivity index (χ4v) is 6.88. The average molecular weight is 632 g/mol. The lowest BCUT2D eigenvalue weighted by molar-refractivity contribution is 0.627. The van der Waals surface area contributed by atoms with Crippen molar-refractivity contribution in [3.8, 4) is 22.3 Å². The molecule has 37 heavy (non-hydrogen) atoms. The standard InChI is InChI=1S/C32H18Br2F2S/c33-23-13-21(15-25(35)17-23)31-27-7-3-1-5-19(27)9-11-29(31)37-30-12-10-20-6-2-4-8-28(20)32(30)22-14-24(34)18-26(36)16-22/h1-18H. The molecule has 0 heterocycles. The molecule has 0 unspecified atom stereocenters. The lowest BCUT2D eigenvalue weighted by Gasteiger charge is -2.17. The molecule has 0 bridgehead atoms. The Morgan fingerprint density at radius 1 is 0.486 bits per heavy atom. The van der Waals surface area contributed by atoms with Crippen LogP contribution in [0.15, 0.2) is 128 Å². The van der Waals surface area contributed by atoms with Gasteiger partial charge in [0.1, 0.15) is 11.6 Å². The van der Waals surface area contributed by atoms with Gasteiger partial charge in [0.2, 0.25) is 0 Å². The third-order valence-corrected chi connectivity index (χ3v) is 8.34. The summed E-state index contributed by atoms with van der Waals surface area (Å²) in [4.78, 5) is 1.98. The summed E-state index contributed by atoms with van der Waals surface area (Å²) in [6, 6.07) is 34.6. The highest BCUT2D eigenvalue weighted by atomic mass is 79.9. The molecular formula is C32H18Br2F2S. The van der Waals surface area contributed by atoms with Gasteiger partial charge < -0.3 is 0 Å². The molecule has 0 saturated heterocycles. The molecule has 0 nitrogen and oxygen atoms in total. The zero-order chi connectivity index (χ0) is 25.5. The van der Waals surface area contributed by atoms with Crippen molar-refractivity contribution < 1.29 is 8.78 Å². The van der Waals surface area contributed by atoms with E-state index in [0.29, 0.717) is 8.95 Å². The third kappa shape index (κ3) is 4.84. The van der Waals surface area contributed by atoms with Crippen LogP contribution in [0.2, 0.25) is 0 Å². The maximum absolute atomic E-state index is 14.5. The van der Waals surface area contributed by atoms with Gasteiger partial charge in [-0.2, -0.15) is 0 Å². The summed E-state index contributed by atoms with van der Waals surface area (Å²) in [6.07, 6.45) is 0. The quantitative estimate of drug-likeness (QED) is 0.186. The van der Waals surface area contributed by atoms with Crippen molar-refractivity contribution in [2.24, 2.45) is 0 Å². The Hall–Kier alpha value is -2.99. The van der Waals surface area contributed by atoms with Crippen LogP contribution < -0.4 is 0 Å². The van der Waals surface area contributed by atoms with Gasteiger partial charge in [-0.1, -0.05) is 104 Å². The largest absolute Gasteiger partial charge is 0.207 e. The highest BCUT2D eigenvalue weighted by Gasteiger charge is 2.17. The van der Waals surface area contributed by atoms with Crippen LogP contribution in [-0.2, 0) is 0 Å². The topological polar surface area (TPSA) is 0 Å². The lowest BCUT2D eigenvalue weighted by Crippen LogP contribution is -1.91. The van der Waals surface area contributed by atoms with Crippen LogP contribution in [0, 0.1) is 11.6 Å². The SMILES string of the molecule is Fc1cc(Br)cc(-c2c(Sc3ccc4ccccc4c3-c3cc(F)cc(Br)c3)ccc3ccccc23)c1.